The van der Waals surface area contributed by atoms with Crippen molar-refractivity contribution in [2.24, 2.45) is 0 Å². The fourth-order valence-corrected chi connectivity index (χ4v) is 5.83. The van der Waals surface area contributed by atoms with Gasteiger partial charge in [0, 0.05) is 25.0 Å². The fraction of sp³-hybridized carbons (Fsp3) is 0.450. The lowest BCUT2D eigenvalue weighted by Gasteiger charge is -2.37. The summed E-state index contributed by atoms with van der Waals surface area (Å²) in [5.74, 6) is 0. The third-order valence-electron chi connectivity index (χ3n) is 5.46. The molecule has 0 radical (unpaired) electrons. The lowest BCUT2D eigenvalue weighted by Crippen LogP contribution is -2.49. The van der Waals surface area contributed by atoms with E-state index in [1.54, 1.807) is 16.7 Å². The molecule has 138 valence electrons. The van der Waals surface area contributed by atoms with Crippen molar-refractivity contribution in [3.63, 3.8) is 0 Å². The van der Waals surface area contributed by atoms with Gasteiger partial charge in [-0.15, -0.1) is 0 Å². The predicted molar refractivity (Wildman–Crippen MR) is 102 cm³/mol. The summed E-state index contributed by atoms with van der Waals surface area (Å²) in [5.41, 5.74) is 4.40. The van der Waals surface area contributed by atoms with Crippen LogP contribution in [0.5, 0.6) is 0 Å². The van der Waals surface area contributed by atoms with E-state index < -0.39 is 10.2 Å². The molecule has 0 amide bonds. The van der Waals surface area contributed by atoms with Crippen molar-refractivity contribution in [1.82, 2.24) is 14.0 Å². The summed E-state index contributed by atoms with van der Waals surface area (Å²) in [6.45, 7) is 2.56. The van der Waals surface area contributed by atoms with Crippen LogP contribution in [0, 0.1) is 6.92 Å². The van der Waals surface area contributed by atoms with Crippen LogP contribution in [0.2, 0.25) is 0 Å². The molecule has 2 aromatic rings. The van der Waals surface area contributed by atoms with Gasteiger partial charge in [-0.3, -0.25) is 4.98 Å². The zero-order chi connectivity index (χ0) is 18.1. The molecule has 1 aliphatic carbocycles. The quantitative estimate of drug-likeness (QED) is 0.898. The van der Waals surface area contributed by atoms with Gasteiger partial charge in [-0.05, 0) is 48.9 Å². The van der Waals surface area contributed by atoms with Gasteiger partial charge in [0.05, 0.1) is 6.04 Å². The van der Waals surface area contributed by atoms with Crippen molar-refractivity contribution in [3.05, 3.63) is 65.0 Å². The standard InChI is InChI=1S/C20H25N3O2S/c1-15-8-9-19-16(13-15)10-12-23(20(19)17-5-4-11-21-14-17)26(24,25)22-18-6-2-3-7-18/h4-5,8-9,11,13-14,18,20,22H,2-3,6-7,10,12H2,1H3. The van der Waals surface area contributed by atoms with Crippen molar-refractivity contribution < 1.29 is 8.42 Å². The highest BCUT2D eigenvalue weighted by molar-refractivity contribution is 7.87. The summed E-state index contributed by atoms with van der Waals surface area (Å²) in [6, 6.07) is 9.87. The second-order valence-electron chi connectivity index (χ2n) is 7.36. The molecule has 1 aromatic heterocycles. The van der Waals surface area contributed by atoms with Gasteiger partial charge in [0.2, 0.25) is 0 Å². The van der Waals surface area contributed by atoms with Crippen LogP contribution in [0.4, 0.5) is 0 Å². The first-order chi connectivity index (χ1) is 12.5. The molecule has 0 saturated heterocycles. The molecular formula is C20H25N3O2S. The average molecular weight is 372 g/mol. The molecule has 0 spiro atoms. The lowest BCUT2D eigenvalue weighted by atomic mass is 9.89. The van der Waals surface area contributed by atoms with Gasteiger partial charge in [0.15, 0.2) is 0 Å². The van der Waals surface area contributed by atoms with Crippen molar-refractivity contribution >= 4 is 10.2 Å². The molecule has 1 aromatic carbocycles. The molecule has 6 heteroatoms. The highest BCUT2D eigenvalue weighted by atomic mass is 32.2. The molecule has 1 aliphatic heterocycles. The molecule has 1 unspecified atom stereocenters. The van der Waals surface area contributed by atoms with Crippen LogP contribution in [-0.2, 0) is 16.6 Å². The number of rotatable bonds is 4. The average Bonchev–Trinajstić information content (AvgIpc) is 3.13. The second kappa shape index (κ2) is 7.10. The first-order valence-electron chi connectivity index (χ1n) is 9.33. The molecular weight excluding hydrogens is 346 g/mol. The SMILES string of the molecule is Cc1ccc2c(c1)CCN(S(=O)(=O)NC1CCCC1)C2c1cccnc1. The number of aryl methyl sites for hydroxylation is 1. The normalized spacial score (nSPS) is 21.7. The van der Waals surface area contributed by atoms with Gasteiger partial charge >= 0.3 is 0 Å². The maximum atomic E-state index is 13.2. The van der Waals surface area contributed by atoms with Gasteiger partial charge in [0.1, 0.15) is 0 Å². The molecule has 1 atom stereocenters. The van der Waals surface area contributed by atoms with E-state index in [9.17, 15) is 8.42 Å². The second-order valence-corrected chi connectivity index (χ2v) is 9.01. The highest BCUT2D eigenvalue weighted by Crippen LogP contribution is 2.37. The minimum Gasteiger partial charge on any atom is -0.264 e. The van der Waals surface area contributed by atoms with E-state index in [1.807, 2.05) is 12.1 Å². The minimum absolute atomic E-state index is 0.0639. The first kappa shape index (κ1) is 17.6. The van der Waals surface area contributed by atoms with Crippen molar-refractivity contribution in [2.45, 2.75) is 51.1 Å². The topological polar surface area (TPSA) is 62.3 Å². The van der Waals surface area contributed by atoms with E-state index >= 15 is 0 Å². The van der Waals surface area contributed by atoms with E-state index in [0.717, 1.165) is 43.2 Å². The maximum absolute atomic E-state index is 13.2. The Morgan fingerprint density at radius 3 is 2.73 bits per heavy atom. The molecule has 0 bridgehead atoms. The van der Waals surface area contributed by atoms with Gasteiger partial charge in [-0.25, -0.2) is 0 Å². The molecule has 5 nitrogen and oxygen atoms in total. The zero-order valence-corrected chi connectivity index (χ0v) is 15.9. The van der Waals surface area contributed by atoms with E-state index in [1.165, 1.54) is 11.1 Å². The number of nitrogens with zero attached hydrogens (tertiary/aromatic N) is 2. The third-order valence-corrected chi connectivity index (χ3v) is 7.10. The molecule has 1 saturated carbocycles. The van der Waals surface area contributed by atoms with Gasteiger partial charge in [-0.1, -0.05) is 42.7 Å². The Hall–Kier alpha value is -1.76. The Labute approximate surface area is 155 Å². The number of aromatic nitrogens is 1. The molecule has 4 rings (SSSR count). The van der Waals surface area contributed by atoms with Crippen molar-refractivity contribution in [3.8, 4) is 0 Å². The van der Waals surface area contributed by atoms with Crippen LogP contribution in [0.15, 0.2) is 42.7 Å². The molecule has 2 heterocycles. The van der Waals surface area contributed by atoms with Crippen LogP contribution < -0.4 is 4.72 Å². The van der Waals surface area contributed by atoms with E-state index in [0.29, 0.717) is 6.54 Å². The summed E-state index contributed by atoms with van der Waals surface area (Å²) in [5, 5.41) is 0. The summed E-state index contributed by atoms with van der Waals surface area (Å²) in [7, 11) is -3.56. The Balaban J connectivity index is 1.74. The largest absolute Gasteiger partial charge is 0.280 e. The Kier molecular flexibility index (Phi) is 4.82. The van der Waals surface area contributed by atoms with E-state index in [4.69, 9.17) is 0 Å². The Morgan fingerprint density at radius 2 is 2.00 bits per heavy atom. The Bertz CT molecular complexity index is 877. The zero-order valence-electron chi connectivity index (χ0n) is 15.1. The van der Waals surface area contributed by atoms with Gasteiger partial charge in [0.25, 0.3) is 10.2 Å². The van der Waals surface area contributed by atoms with E-state index in [2.05, 4.69) is 34.8 Å². The number of hydrogen-bond acceptors (Lipinski definition) is 3. The number of fused-ring (bicyclic) bond motifs is 1. The Morgan fingerprint density at radius 1 is 1.19 bits per heavy atom. The first-order valence-corrected chi connectivity index (χ1v) is 10.8. The number of nitrogens with one attached hydrogen (secondary N) is 1. The molecule has 1 N–H and O–H groups in total. The number of pyridine rings is 1. The van der Waals surface area contributed by atoms with Crippen LogP contribution in [0.3, 0.4) is 0 Å². The minimum atomic E-state index is -3.56. The summed E-state index contributed by atoms with van der Waals surface area (Å²) < 4.78 is 31.0. The summed E-state index contributed by atoms with van der Waals surface area (Å²) in [6.07, 6.45) is 8.29. The molecule has 2 aliphatic rings. The van der Waals surface area contributed by atoms with Crippen molar-refractivity contribution in [2.75, 3.05) is 6.54 Å². The summed E-state index contributed by atoms with van der Waals surface area (Å²) in [4.78, 5) is 4.23. The fourth-order valence-electron chi connectivity index (χ4n) is 4.20. The highest BCUT2D eigenvalue weighted by Gasteiger charge is 2.37. The van der Waals surface area contributed by atoms with Gasteiger partial charge in [-0.2, -0.15) is 17.4 Å². The van der Waals surface area contributed by atoms with Crippen molar-refractivity contribution in [1.29, 1.82) is 0 Å². The maximum Gasteiger partial charge on any atom is 0.280 e. The van der Waals surface area contributed by atoms with Crippen LogP contribution in [0.1, 0.15) is 54.0 Å². The number of hydrogen-bond donors (Lipinski definition) is 1. The molecule has 26 heavy (non-hydrogen) atoms. The third kappa shape index (κ3) is 3.41. The lowest BCUT2D eigenvalue weighted by molar-refractivity contribution is 0.334. The van der Waals surface area contributed by atoms with Crippen LogP contribution >= 0.6 is 0 Å². The van der Waals surface area contributed by atoms with E-state index in [-0.39, 0.29) is 12.1 Å². The monoisotopic (exact) mass is 371 g/mol. The van der Waals surface area contributed by atoms with Gasteiger partial charge < -0.3 is 0 Å². The smallest absolute Gasteiger partial charge is 0.264 e. The van der Waals surface area contributed by atoms with Crippen LogP contribution in [0.25, 0.3) is 0 Å². The van der Waals surface area contributed by atoms with Crippen LogP contribution in [-0.4, -0.2) is 30.3 Å². The summed E-state index contributed by atoms with van der Waals surface area (Å²) >= 11 is 0. The predicted octanol–water partition coefficient (Wildman–Crippen LogP) is 3.11. The number of benzene rings is 1. The molecule has 1 fully saturated rings.